The highest BCUT2D eigenvalue weighted by atomic mass is 79.9. The van der Waals surface area contributed by atoms with E-state index in [1.54, 1.807) is 11.9 Å². The number of primary amides is 1. The summed E-state index contributed by atoms with van der Waals surface area (Å²) in [5.74, 6) is 0.905. The Kier molecular flexibility index (Phi) is 6.61. The van der Waals surface area contributed by atoms with Gasteiger partial charge in [0.25, 0.3) is 5.91 Å². The Balaban J connectivity index is 0.000000169. The van der Waals surface area contributed by atoms with Crippen molar-refractivity contribution in [1.82, 2.24) is 15.2 Å². The van der Waals surface area contributed by atoms with Gasteiger partial charge >= 0.3 is 0 Å². The summed E-state index contributed by atoms with van der Waals surface area (Å²) in [4.78, 5) is 27.8. The molecule has 0 unspecified atom stereocenters. The van der Waals surface area contributed by atoms with Crippen LogP contribution in [-0.4, -0.2) is 40.7 Å². The van der Waals surface area contributed by atoms with E-state index in [1.165, 1.54) is 0 Å². The lowest BCUT2D eigenvalue weighted by molar-refractivity contribution is -0.118. The fourth-order valence-corrected chi connectivity index (χ4v) is 2.95. The summed E-state index contributed by atoms with van der Waals surface area (Å²) in [5.41, 5.74) is 6.98. The average molecular weight is 458 g/mol. The van der Waals surface area contributed by atoms with Gasteiger partial charge in [0.2, 0.25) is 11.7 Å². The van der Waals surface area contributed by atoms with Crippen molar-refractivity contribution in [3.05, 3.63) is 70.2 Å². The van der Waals surface area contributed by atoms with Gasteiger partial charge in [-0.3, -0.25) is 14.7 Å². The van der Waals surface area contributed by atoms with Gasteiger partial charge in [0.1, 0.15) is 11.6 Å². The normalized spacial score (nSPS) is 12.9. The molecule has 0 atom stereocenters. The minimum Gasteiger partial charge on any atom is -0.491 e. The van der Waals surface area contributed by atoms with Crippen LogP contribution in [0.4, 0.5) is 5.69 Å². The van der Waals surface area contributed by atoms with Gasteiger partial charge < -0.3 is 15.4 Å². The molecule has 29 heavy (non-hydrogen) atoms. The molecule has 0 saturated carbocycles. The van der Waals surface area contributed by atoms with Gasteiger partial charge in [-0.2, -0.15) is 0 Å². The summed E-state index contributed by atoms with van der Waals surface area (Å²) >= 11 is 3.36. The van der Waals surface area contributed by atoms with E-state index in [0.717, 1.165) is 21.5 Å². The number of aromatic amines is 1. The van der Waals surface area contributed by atoms with Crippen LogP contribution < -0.4 is 15.4 Å². The van der Waals surface area contributed by atoms with Crippen LogP contribution in [0.1, 0.15) is 28.4 Å². The van der Waals surface area contributed by atoms with Crippen LogP contribution in [0.15, 0.2) is 53.0 Å². The van der Waals surface area contributed by atoms with Crippen molar-refractivity contribution in [3.8, 4) is 5.75 Å². The van der Waals surface area contributed by atoms with E-state index in [-0.39, 0.29) is 11.7 Å². The van der Waals surface area contributed by atoms with Crippen LogP contribution in [0, 0.1) is 0 Å². The van der Waals surface area contributed by atoms with Gasteiger partial charge in [-0.15, -0.1) is 5.10 Å². The van der Waals surface area contributed by atoms with E-state index >= 15 is 0 Å². The largest absolute Gasteiger partial charge is 0.491 e. The smallest absolute Gasteiger partial charge is 0.288 e. The van der Waals surface area contributed by atoms with Gasteiger partial charge in [0, 0.05) is 17.9 Å². The second kappa shape index (κ2) is 9.33. The number of aromatic nitrogens is 3. The lowest BCUT2D eigenvalue weighted by atomic mass is 10.1. The highest BCUT2D eigenvalue weighted by Gasteiger charge is 2.18. The van der Waals surface area contributed by atoms with Crippen LogP contribution in [0.5, 0.6) is 5.75 Å². The molecule has 0 radical (unpaired) electrons. The van der Waals surface area contributed by atoms with Gasteiger partial charge in [0.15, 0.2) is 0 Å². The Bertz CT molecular complexity index is 1000. The molecule has 9 heteroatoms. The number of ether oxygens (including phenoxy) is 1. The standard InChI is InChI=1S/C10H9BrN4O.C10H11NO2/c11-7-3-1-6(2-4-7)5-8-13-10(9(12)16)15-14-8;1-11-8-4-2-3-5-9(8)13-7-6-10(11)12/h1-4H,5H2,(H2,12,16)(H,13,14,15);2-5H,6-7H2,1H3. The maximum absolute atomic E-state index is 11.4. The first-order valence-corrected chi connectivity index (χ1v) is 9.67. The number of nitrogens with zero attached hydrogens (tertiary/aromatic N) is 3. The van der Waals surface area contributed by atoms with Crippen LogP contribution in [0.3, 0.4) is 0 Å². The Labute approximate surface area is 176 Å². The van der Waals surface area contributed by atoms with Crippen molar-refractivity contribution >= 4 is 33.4 Å². The number of fused-ring (bicyclic) bond motifs is 1. The molecule has 1 aromatic heterocycles. The fraction of sp³-hybridized carbons (Fsp3) is 0.200. The van der Waals surface area contributed by atoms with Gasteiger partial charge in [-0.05, 0) is 29.8 Å². The molecular weight excluding hydrogens is 438 g/mol. The number of nitrogens with one attached hydrogen (secondary N) is 1. The lowest BCUT2D eigenvalue weighted by Crippen LogP contribution is -2.24. The summed E-state index contributed by atoms with van der Waals surface area (Å²) in [6.45, 7) is 0.472. The van der Waals surface area contributed by atoms with Crippen LogP contribution in [-0.2, 0) is 11.2 Å². The zero-order chi connectivity index (χ0) is 20.8. The predicted molar refractivity (Wildman–Crippen MR) is 112 cm³/mol. The second-order valence-corrected chi connectivity index (χ2v) is 7.21. The van der Waals surface area contributed by atoms with E-state index in [0.29, 0.717) is 25.3 Å². The number of H-pyrrole nitrogens is 1. The monoisotopic (exact) mass is 457 g/mol. The summed E-state index contributed by atoms with van der Waals surface area (Å²) in [6, 6.07) is 15.4. The molecular formula is C20H20BrN5O3. The quantitative estimate of drug-likeness (QED) is 0.627. The summed E-state index contributed by atoms with van der Waals surface area (Å²) < 4.78 is 6.45. The molecule has 3 aromatic rings. The number of hydrogen-bond donors (Lipinski definition) is 2. The summed E-state index contributed by atoms with van der Waals surface area (Å²) in [7, 11) is 1.77. The highest BCUT2D eigenvalue weighted by molar-refractivity contribution is 9.10. The Morgan fingerprint density at radius 2 is 1.97 bits per heavy atom. The van der Waals surface area contributed by atoms with Crippen molar-refractivity contribution in [2.24, 2.45) is 5.73 Å². The molecule has 0 bridgehead atoms. The topological polar surface area (TPSA) is 114 Å². The third-order valence-corrected chi connectivity index (χ3v) is 4.74. The average Bonchev–Trinajstić information content (AvgIpc) is 3.13. The number of hydrogen-bond acceptors (Lipinski definition) is 5. The van der Waals surface area contributed by atoms with Crippen LogP contribution in [0.2, 0.25) is 0 Å². The Morgan fingerprint density at radius 1 is 1.24 bits per heavy atom. The molecule has 2 amide bonds. The molecule has 0 fully saturated rings. The maximum Gasteiger partial charge on any atom is 0.288 e. The molecule has 2 heterocycles. The third kappa shape index (κ3) is 5.41. The SMILES string of the molecule is CN1C(=O)CCOc2ccccc21.NC(=O)c1n[nH]c(Cc2ccc(Br)cc2)n1. The van der Waals surface area contributed by atoms with Gasteiger partial charge in [-0.1, -0.05) is 40.2 Å². The third-order valence-electron chi connectivity index (χ3n) is 4.21. The molecule has 4 rings (SSSR count). The molecule has 0 spiro atoms. The minimum absolute atomic E-state index is 0.0205. The first kappa shape index (κ1) is 20.5. The van der Waals surface area contributed by atoms with E-state index in [9.17, 15) is 9.59 Å². The molecule has 2 aromatic carbocycles. The van der Waals surface area contributed by atoms with E-state index in [2.05, 4.69) is 31.1 Å². The number of rotatable bonds is 3. The molecule has 3 N–H and O–H groups in total. The number of halogens is 1. The molecule has 8 nitrogen and oxygen atoms in total. The fourth-order valence-electron chi connectivity index (χ4n) is 2.69. The van der Waals surface area contributed by atoms with E-state index in [4.69, 9.17) is 10.5 Å². The number of amides is 2. The predicted octanol–water partition coefficient (Wildman–Crippen LogP) is 2.69. The number of carbonyl (C=O) groups excluding carboxylic acids is 2. The van der Waals surface area contributed by atoms with Crippen molar-refractivity contribution < 1.29 is 14.3 Å². The van der Waals surface area contributed by atoms with Gasteiger partial charge in [-0.25, -0.2) is 4.98 Å². The zero-order valence-electron chi connectivity index (χ0n) is 15.8. The number of benzene rings is 2. The number of para-hydroxylation sites is 2. The molecule has 1 aliphatic heterocycles. The second-order valence-electron chi connectivity index (χ2n) is 6.29. The number of carbonyl (C=O) groups is 2. The van der Waals surface area contributed by atoms with Crippen molar-refractivity contribution in [2.45, 2.75) is 12.8 Å². The Morgan fingerprint density at radius 3 is 2.66 bits per heavy atom. The first-order valence-electron chi connectivity index (χ1n) is 8.88. The van der Waals surface area contributed by atoms with Crippen LogP contribution >= 0.6 is 15.9 Å². The summed E-state index contributed by atoms with van der Waals surface area (Å²) in [5, 5.41) is 6.39. The molecule has 150 valence electrons. The van der Waals surface area contributed by atoms with Crippen molar-refractivity contribution in [2.75, 3.05) is 18.6 Å². The maximum atomic E-state index is 11.4. The number of nitrogens with two attached hydrogens (primary N) is 1. The molecule has 0 aliphatic carbocycles. The van der Waals surface area contributed by atoms with Crippen molar-refractivity contribution in [3.63, 3.8) is 0 Å². The van der Waals surface area contributed by atoms with Gasteiger partial charge in [0.05, 0.1) is 18.7 Å². The van der Waals surface area contributed by atoms with E-state index in [1.807, 2.05) is 48.5 Å². The summed E-state index contributed by atoms with van der Waals surface area (Å²) in [6.07, 6.45) is 1.04. The van der Waals surface area contributed by atoms with E-state index < -0.39 is 5.91 Å². The van der Waals surface area contributed by atoms with Crippen LogP contribution in [0.25, 0.3) is 0 Å². The molecule has 0 saturated heterocycles. The zero-order valence-corrected chi connectivity index (χ0v) is 17.3. The minimum atomic E-state index is -0.627. The highest BCUT2D eigenvalue weighted by Crippen LogP contribution is 2.29. The number of anilines is 1. The lowest BCUT2D eigenvalue weighted by Gasteiger charge is -2.15. The Hall–Kier alpha value is -3.20. The van der Waals surface area contributed by atoms with Crippen molar-refractivity contribution in [1.29, 1.82) is 0 Å². The first-order chi connectivity index (χ1) is 13.9. The molecule has 1 aliphatic rings.